The lowest BCUT2D eigenvalue weighted by Gasteiger charge is -2.42. The van der Waals surface area contributed by atoms with Gasteiger partial charge in [0.25, 0.3) is 0 Å². The lowest BCUT2D eigenvalue weighted by molar-refractivity contribution is -0.644. The third kappa shape index (κ3) is 6.39. The number of para-hydroxylation sites is 1. The van der Waals surface area contributed by atoms with E-state index in [1.807, 2.05) is 49.7 Å². The second-order valence-corrected chi connectivity index (χ2v) is 8.69. The van der Waals surface area contributed by atoms with Gasteiger partial charge in [-0.15, -0.1) is 0 Å². The van der Waals surface area contributed by atoms with Crippen molar-refractivity contribution in [1.82, 2.24) is 5.32 Å². The Labute approximate surface area is 232 Å². The summed E-state index contributed by atoms with van der Waals surface area (Å²) in [7, 11) is 3.51. The third-order valence-electron chi connectivity index (χ3n) is 6.21. The van der Waals surface area contributed by atoms with Gasteiger partial charge in [-0.2, -0.15) is 0 Å². The highest BCUT2D eigenvalue weighted by Gasteiger charge is 2.46. The van der Waals surface area contributed by atoms with Gasteiger partial charge in [0.15, 0.2) is 17.7 Å². The summed E-state index contributed by atoms with van der Waals surface area (Å²) in [5.74, 6) is 0.292. The van der Waals surface area contributed by atoms with Crippen molar-refractivity contribution in [2.24, 2.45) is 7.05 Å². The van der Waals surface area contributed by atoms with Crippen LogP contribution in [0.4, 0.5) is 0 Å². The molecule has 10 heteroatoms. The van der Waals surface area contributed by atoms with Crippen LogP contribution in [0.1, 0.15) is 18.1 Å². The fraction of sp³-hybridized carbons (Fsp3) is 0.333. The zero-order valence-corrected chi connectivity index (χ0v) is 22.9. The highest BCUT2D eigenvalue weighted by atomic mass is 127. The molecule has 1 amide bonds. The maximum atomic E-state index is 11.7. The molecule has 0 spiro atoms. The molecular weight excluding hydrogens is 591 g/mol. The molecule has 1 aliphatic rings. The number of rotatable bonds is 7. The number of fused-ring (bicyclic) bond motifs is 1. The van der Waals surface area contributed by atoms with E-state index < -0.39 is 43.2 Å². The van der Waals surface area contributed by atoms with Gasteiger partial charge in [0, 0.05) is 19.1 Å². The molecule has 4 rings (SSSR count). The summed E-state index contributed by atoms with van der Waals surface area (Å²) in [6.07, 6.45) is 0.964. The number of aromatic nitrogens is 1. The lowest BCUT2D eigenvalue weighted by Crippen LogP contribution is -3.00. The maximum Gasteiger partial charge on any atom is 0.223 e. The molecule has 3 aromatic rings. The largest absolute Gasteiger partial charge is 1.00 e. The highest BCUT2D eigenvalue weighted by molar-refractivity contribution is 5.88. The first-order valence-electron chi connectivity index (χ1n) is 11.6. The highest BCUT2D eigenvalue weighted by Crippen LogP contribution is 2.32. The number of benzene rings is 2. The van der Waals surface area contributed by atoms with Crippen LogP contribution in [0.3, 0.4) is 0 Å². The van der Waals surface area contributed by atoms with E-state index in [1.54, 1.807) is 12.1 Å². The molecule has 5 atom stereocenters. The molecule has 0 unspecified atom stereocenters. The molecular formula is C27H31IN2O7. The van der Waals surface area contributed by atoms with Crippen molar-refractivity contribution in [3.05, 3.63) is 65.9 Å². The summed E-state index contributed by atoms with van der Waals surface area (Å²) in [5, 5.41) is 33.9. The van der Waals surface area contributed by atoms with E-state index in [1.165, 1.54) is 14.0 Å². The molecule has 2 aromatic carbocycles. The van der Waals surface area contributed by atoms with E-state index in [4.69, 9.17) is 14.2 Å². The van der Waals surface area contributed by atoms with Crippen LogP contribution in [0, 0.1) is 0 Å². The third-order valence-corrected chi connectivity index (χ3v) is 6.21. The summed E-state index contributed by atoms with van der Waals surface area (Å²) in [4.78, 5) is 11.7. The van der Waals surface area contributed by atoms with Crippen molar-refractivity contribution in [3.63, 3.8) is 0 Å². The van der Waals surface area contributed by atoms with Crippen LogP contribution in [0.5, 0.6) is 11.5 Å². The molecule has 9 nitrogen and oxygen atoms in total. The predicted octanol–water partition coefficient (Wildman–Crippen LogP) is -1.83. The minimum Gasteiger partial charge on any atom is -1.00 e. The van der Waals surface area contributed by atoms with Crippen LogP contribution in [-0.2, 0) is 16.6 Å². The van der Waals surface area contributed by atoms with Crippen molar-refractivity contribution in [1.29, 1.82) is 0 Å². The number of aliphatic hydroxyl groups is 3. The van der Waals surface area contributed by atoms with Crippen molar-refractivity contribution in [3.8, 4) is 11.5 Å². The van der Waals surface area contributed by atoms with Crippen LogP contribution in [0.15, 0.2) is 54.7 Å². The Balaban J connectivity index is 0.00000380. The van der Waals surface area contributed by atoms with Crippen LogP contribution in [0.25, 0.3) is 23.1 Å². The van der Waals surface area contributed by atoms with E-state index in [9.17, 15) is 20.1 Å². The van der Waals surface area contributed by atoms with Gasteiger partial charge in [0.2, 0.25) is 17.7 Å². The van der Waals surface area contributed by atoms with Crippen LogP contribution < -0.4 is 43.3 Å². The first-order chi connectivity index (χ1) is 17.3. The Bertz CT molecular complexity index is 1270. The van der Waals surface area contributed by atoms with Gasteiger partial charge in [-0.1, -0.05) is 30.4 Å². The van der Waals surface area contributed by atoms with Gasteiger partial charge in [0.1, 0.15) is 31.4 Å². The molecule has 0 bridgehead atoms. The van der Waals surface area contributed by atoms with Gasteiger partial charge < -0.3 is 58.8 Å². The summed E-state index contributed by atoms with van der Waals surface area (Å²) in [6, 6.07) is 14.5. The first kappa shape index (κ1) is 28.8. The topological polar surface area (TPSA) is 121 Å². The number of carbonyl (C=O) groups is 1. The van der Waals surface area contributed by atoms with Gasteiger partial charge in [-0.25, -0.2) is 4.57 Å². The second kappa shape index (κ2) is 12.7. The smallest absolute Gasteiger partial charge is 0.223 e. The Morgan fingerprint density at radius 3 is 2.57 bits per heavy atom. The maximum absolute atomic E-state index is 11.7. The molecule has 4 N–H and O–H groups in total. The first-order valence-corrected chi connectivity index (χ1v) is 11.6. The fourth-order valence-corrected chi connectivity index (χ4v) is 4.30. The lowest BCUT2D eigenvalue weighted by atomic mass is 9.97. The number of nitrogens with zero attached hydrogens (tertiary/aromatic N) is 1. The minimum absolute atomic E-state index is 0. The number of halogens is 1. The number of hydrogen-bond donors (Lipinski definition) is 4. The average molecular weight is 622 g/mol. The van der Waals surface area contributed by atoms with E-state index >= 15 is 0 Å². The minimum atomic E-state index is -1.40. The molecule has 37 heavy (non-hydrogen) atoms. The molecule has 1 aromatic heterocycles. The molecule has 0 aliphatic carbocycles. The number of pyridine rings is 1. The summed E-state index contributed by atoms with van der Waals surface area (Å²) in [6.45, 7) is 0.754. The SMILES string of the molecule is COc1cc(C=Cc2cc[n+](C)c3ccccc23)ccc1O[C@@H]1O[C@H](CO)[C@@H](O)[C@H](O)[C@H]1NC(C)=O.[I-]. The second-order valence-electron chi connectivity index (χ2n) is 8.69. The average Bonchev–Trinajstić information content (AvgIpc) is 2.88. The summed E-state index contributed by atoms with van der Waals surface area (Å²) < 4.78 is 19.2. The van der Waals surface area contributed by atoms with Crippen LogP contribution >= 0.6 is 0 Å². The van der Waals surface area contributed by atoms with Crippen LogP contribution in [-0.4, -0.2) is 65.6 Å². The number of carbonyl (C=O) groups excluding carboxylic acids is 1. The zero-order valence-electron chi connectivity index (χ0n) is 20.7. The van der Waals surface area contributed by atoms with E-state index in [-0.39, 0.29) is 24.0 Å². The fourth-order valence-electron chi connectivity index (χ4n) is 4.30. The number of methoxy groups -OCH3 is 1. The van der Waals surface area contributed by atoms with Gasteiger partial charge >= 0.3 is 0 Å². The number of nitrogens with one attached hydrogen (secondary N) is 1. The molecule has 1 fully saturated rings. The van der Waals surface area contributed by atoms with Crippen molar-refractivity contribution < 1.29 is 62.9 Å². The number of hydrogen-bond acceptors (Lipinski definition) is 7. The monoisotopic (exact) mass is 622 g/mol. The molecule has 0 saturated carbocycles. The van der Waals surface area contributed by atoms with Gasteiger partial charge in [-0.3, -0.25) is 4.79 Å². The Hall–Kier alpha value is -2.77. The molecule has 1 aliphatic heterocycles. The summed E-state index contributed by atoms with van der Waals surface area (Å²) in [5.41, 5.74) is 3.05. The Morgan fingerprint density at radius 2 is 1.86 bits per heavy atom. The van der Waals surface area contributed by atoms with Gasteiger partial charge in [-0.05, 0) is 29.3 Å². The van der Waals surface area contributed by atoms with Gasteiger partial charge in [0.05, 0.1) is 19.1 Å². The van der Waals surface area contributed by atoms with Crippen molar-refractivity contribution in [2.45, 2.75) is 37.6 Å². The molecule has 1 saturated heterocycles. The zero-order chi connectivity index (χ0) is 25.8. The predicted molar refractivity (Wildman–Crippen MR) is 133 cm³/mol. The number of amides is 1. The molecule has 198 valence electrons. The van der Waals surface area contributed by atoms with Crippen molar-refractivity contribution >= 4 is 29.0 Å². The number of aryl methyl sites for hydroxylation is 1. The quantitative estimate of drug-likeness (QED) is 0.181. The number of ether oxygens (including phenoxy) is 3. The number of aliphatic hydroxyl groups excluding tert-OH is 3. The summed E-state index contributed by atoms with van der Waals surface area (Å²) >= 11 is 0. The van der Waals surface area contributed by atoms with Crippen molar-refractivity contribution in [2.75, 3.05) is 13.7 Å². The van der Waals surface area contributed by atoms with E-state index in [0.717, 1.165) is 22.0 Å². The normalized spacial score (nSPS) is 23.5. The van der Waals surface area contributed by atoms with E-state index in [2.05, 4.69) is 22.0 Å². The Morgan fingerprint density at radius 1 is 1.11 bits per heavy atom. The Kier molecular flexibility index (Phi) is 9.85. The van der Waals surface area contributed by atoms with Crippen LogP contribution in [0.2, 0.25) is 0 Å². The molecule has 2 heterocycles. The van der Waals surface area contributed by atoms with E-state index in [0.29, 0.717) is 11.5 Å². The molecule has 0 radical (unpaired) electrons. The standard InChI is InChI=1S/C27H30N2O7.HI/c1-16(31)28-24-26(33)25(32)23(15-30)36-27(24)35-21-11-9-17(14-22(21)34-3)8-10-18-12-13-29(2)20-7-5-4-6-19(18)20;/h4-14,23-27,30,32-33H,15H2,1-3H3;1H/t23-,24-,25-,26-,27-;/m1./s1.